The molecular formula is C15H22F2O2. The molecule has 4 heteroatoms. The summed E-state index contributed by atoms with van der Waals surface area (Å²) >= 11 is 0. The molecule has 0 fully saturated rings. The van der Waals surface area contributed by atoms with Crippen molar-refractivity contribution in [1.29, 1.82) is 0 Å². The summed E-state index contributed by atoms with van der Waals surface area (Å²) in [6, 6.07) is 7.73. The van der Waals surface area contributed by atoms with Crippen LogP contribution in [0.5, 0.6) is 0 Å². The van der Waals surface area contributed by atoms with E-state index < -0.39 is 18.1 Å². The molecule has 19 heavy (non-hydrogen) atoms. The maximum Gasteiger partial charge on any atom is 0.302 e. The monoisotopic (exact) mass is 272 g/mol. The van der Waals surface area contributed by atoms with Crippen LogP contribution in [0.1, 0.15) is 50.7 Å². The van der Waals surface area contributed by atoms with Crippen LogP contribution in [0.25, 0.3) is 0 Å². The first kappa shape index (κ1) is 16.1. The van der Waals surface area contributed by atoms with E-state index in [2.05, 4.69) is 0 Å². The van der Waals surface area contributed by atoms with Crippen molar-refractivity contribution in [1.82, 2.24) is 0 Å². The van der Waals surface area contributed by atoms with E-state index in [0.29, 0.717) is 6.42 Å². The Labute approximate surface area is 113 Å². The van der Waals surface area contributed by atoms with Crippen LogP contribution in [0.3, 0.4) is 0 Å². The summed E-state index contributed by atoms with van der Waals surface area (Å²) in [4.78, 5) is 0. The molecule has 0 spiro atoms. The van der Waals surface area contributed by atoms with E-state index >= 15 is 0 Å². The number of alkyl halides is 2. The van der Waals surface area contributed by atoms with Gasteiger partial charge in [-0.2, -0.15) is 0 Å². The van der Waals surface area contributed by atoms with Gasteiger partial charge < -0.3 is 10.2 Å². The second kappa shape index (κ2) is 7.56. The first-order valence-electron chi connectivity index (χ1n) is 6.79. The minimum atomic E-state index is -3.52. The molecule has 1 aromatic rings. The normalized spacial score (nSPS) is 15.2. The molecule has 0 saturated heterocycles. The van der Waals surface area contributed by atoms with Crippen LogP contribution in [0.4, 0.5) is 8.78 Å². The SMILES string of the molecule is CCCCCC[C@@H](O)C(F)(F)[C@H](O)c1ccccc1. The zero-order valence-corrected chi connectivity index (χ0v) is 11.2. The molecule has 2 nitrogen and oxygen atoms in total. The first-order valence-corrected chi connectivity index (χ1v) is 6.79. The molecule has 0 radical (unpaired) electrons. The third kappa shape index (κ3) is 4.55. The van der Waals surface area contributed by atoms with E-state index in [4.69, 9.17) is 0 Å². The van der Waals surface area contributed by atoms with Crippen molar-refractivity contribution in [3.8, 4) is 0 Å². The van der Waals surface area contributed by atoms with Crippen molar-refractivity contribution >= 4 is 0 Å². The van der Waals surface area contributed by atoms with Gasteiger partial charge in [0.15, 0.2) is 0 Å². The van der Waals surface area contributed by atoms with Crippen molar-refractivity contribution in [3.05, 3.63) is 35.9 Å². The number of halogens is 2. The molecule has 0 aromatic heterocycles. The Balaban J connectivity index is 2.58. The number of aliphatic hydroxyl groups is 2. The maximum atomic E-state index is 13.9. The standard InChI is InChI=1S/C15H22F2O2/c1-2-3-4-8-11-13(18)15(16,17)14(19)12-9-6-5-7-10-12/h5-7,9-10,13-14,18-19H,2-4,8,11H2,1H3/t13-,14-/m1/s1. The lowest BCUT2D eigenvalue weighted by Crippen LogP contribution is -2.39. The van der Waals surface area contributed by atoms with Gasteiger partial charge >= 0.3 is 5.92 Å². The van der Waals surface area contributed by atoms with Crippen molar-refractivity contribution in [2.24, 2.45) is 0 Å². The number of benzene rings is 1. The number of hydrogen-bond acceptors (Lipinski definition) is 2. The van der Waals surface area contributed by atoms with E-state index in [9.17, 15) is 19.0 Å². The first-order chi connectivity index (χ1) is 9.00. The fraction of sp³-hybridized carbons (Fsp3) is 0.600. The lowest BCUT2D eigenvalue weighted by Gasteiger charge is -2.27. The number of rotatable bonds is 8. The Morgan fingerprint density at radius 3 is 2.26 bits per heavy atom. The average molecular weight is 272 g/mol. The van der Waals surface area contributed by atoms with Gasteiger partial charge in [0.2, 0.25) is 0 Å². The highest BCUT2D eigenvalue weighted by Gasteiger charge is 2.45. The summed E-state index contributed by atoms with van der Waals surface area (Å²) in [6.45, 7) is 2.03. The van der Waals surface area contributed by atoms with Crippen LogP contribution in [0.15, 0.2) is 30.3 Å². The highest BCUT2D eigenvalue weighted by molar-refractivity contribution is 5.19. The maximum absolute atomic E-state index is 13.9. The van der Waals surface area contributed by atoms with Gasteiger partial charge in [-0.15, -0.1) is 0 Å². The van der Waals surface area contributed by atoms with Crippen molar-refractivity contribution in [3.63, 3.8) is 0 Å². The molecular weight excluding hydrogens is 250 g/mol. The molecule has 1 rings (SSSR count). The predicted octanol–water partition coefficient (Wildman–Crippen LogP) is 3.69. The van der Waals surface area contributed by atoms with E-state index in [1.54, 1.807) is 18.2 Å². The number of aliphatic hydroxyl groups excluding tert-OH is 2. The van der Waals surface area contributed by atoms with Crippen LogP contribution >= 0.6 is 0 Å². The summed E-state index contributed by atoms with van der Waals surface area (Å²) in [5.74, 6) is -3.52. The summed E-state index contributed by atoms with van der Waals surface area (Å²) < 4.78 is 27.8. The van der Waals surface area contributed by atoms with Crippen LogP contribution in [0.2, 0.25) is 0 Å². The molecule has 0 aliphatic rings. The van der Waals surface area contributed by atoms with E-state index in [1.807, 2.05) is 6.92 Å². The Morgan fingerprint density at radius 1 is 1.05 bits per heavy atom. The van der Waals surface area contributed by atoms with Crippen LogP contribution < -0.4 is 0 Å². The van der Waals surface area contributed by atoms with Gasteiger partial charge in [-0.25, -0.2) is 8.78 Å². The predicted molar refractivity (Wildman–Crippen MR) is 71.1 cm³/mol. The van der Waals surface area contributed by atoms with E-state index in [1.165, 1.54) is 12.1 Å². The van der Waals surface area contributed by atoms with Gasteiger partial charge in [0.25, 0.3) is 0 Å². The third-order valence-corrected chi connectivity index (χ3v) is 3.26. The van der Waals surface area contributed by atoms with Gasteiger partial charge in [0.05, 0.1) is 0 Å². The third-order valence-electron chi connectivity index (χ3n) is 3.26. The molecule has 2 atom stereocenters. The molecule has 0 heterocycles. The summed E-state index contributed by atoms with van der Waals surface area (Å²) in [7, 11) is 0. The summed E-state index contributed by atoms with van der Waals surface area (Å²) in [6.07, 6.45) is -0.401. The summed E-state index contributed by atoms with van der Waals surface area (Å²) in [5, 5.41) is 19.3. The molecule has 0 aliphatic heterocycles. The Morgan fingerprint density at radius 2 is 1.68 bits per heavy atom. The second-order valence-corrected chi connectivity index (χ2v) is 4.85. The zero-order chi connectivity index (χ0) is 14.3. The molecule has 0 amide bonds. The minimum absolute atomic E-state index is 0.0108. The van der Waals surface area contributed by atoms with Gasteiger partial charge in [0, 0.05) is 0 Å². The van der Waals surface area contributed by atoms with Gasteiger partial charge in [-0.1, -0.05) is 62.9 Å². The number of unbranched alkanes of at least 4 members (excludes halogenated alkanes) is 3. The quantitative estimate of drug-likeness (QED) is 0.709. The van der Waals surface area contributed by atoms with Gasteiger partial charge in [0.1, 0.15) is 12.2 Å². The Kier molecular flexibility index (Phi) is 6.38. The van der Waals surface area contributed by atoms with Crippen molar-refractivity contribution < 1.29 is 19.0 Å². The molecule has 2 N–H and O–H groups in total. The highest BCUT2D eigenvalue weighted by Crippen LogP contribution is 2.36. The minimum Gasteiger partial charge on any atom is -0.387 e. The highest BCUT2D eigenvalue weighted by atomic mass is 19.3. The number of hydrogen-bond donors (Lipinski definition) is 2. The largest absolute Gasteiger partial charge is 0.387 e. The van der Waals surface area contributed by atoms with Crippen molar-refractivity contribution in [2.45, 2.75) is 57.2 Å². The molecule has 0 saturated carbocycles. The molecule has 108 valence electrons. The molecule has 0 aliphatic carbocycles. The van der Waals surface area contributed by atoms with E-state index in [-0.39, 0.29) is 12.0 Å². The molecule has 0 unspecified atom stereocenters. The topological polar surface area (TPSA) is 40.5 Å². The smallest absolute Gasteiger partial charge is 0.302 e. The average Bonchev–Trinajstić information content (AvgIpc) is 2.43. The lowest BCUT2D eigenvalue weighted by atomic mass is 9.96. The fourth-order valence-electron chi connectivity index (χ4n) is 2.00. The second-order valence-electron chi connectivity index (χ2n) is 4.85. The molecule has 1 aromatic carbocycles. The Hall–Kier alpha value is -1.00. The zero-order valence-electron chi connectivity index (χ0n) is 11.2. The van der Waals surface area contributed by atoms with Gasteiger partial charge in [-0.05, 0) is 12.0 Å². The van der Waals surface area contributed by atoms with Crippen LogP contribution in [-0.4, -0.2) is 22.2 Å². The summed E-state index contributed by atoms with van der Waals surface area (Å²) in [5.41, 5.74) is 0.125. The van der Waals surface area contributed by atoms with E-state index in [0.717, 1.165) is 19.3 Å². The van der Waals surface area contributed by atoms with Gasteiger partial charge in [-0.3, -0.25) is 0 Å². The Bertz CT molecular complexity index is 354. The van der Waals surface area contributed by atoms with Crippen LogP contribution in [-0.2, 0) is 0 Å². The lowest BCUT2D eigenvalue weighted by molar-refractivity contribution is -0.181. The fourth-order valence-corrected chi connectivity index (χ4v) is 2.00. The molecule has 0 bridgehead atoms. The van der Waals surface area contributed by atoms with Crippen molar-refractivity contribution in [2.75, 3.05) is 0 Å². The van der Waals surface area contributed by atoms with Crippen LogP contribution in [0, 0.1) is 0 Å².